The van der Waals surface area contributed by atoms with Crippen molar-refractivity contribution in [1.29, 1.82) is 0 Å². The van der Waals surface area contributed by atoms with Crippen LogP contribution < -0.4 is 14.7 Å². The van der Waals surface area contributed by atoms with Crippen LogP contribution in [0.5, 0.6) is 0 Å². The Balaban J connectivity index is 1.24. The summed E-state index contributed by atoms with van der Waals surface area (Å²) >= 11 is 1.39. The van der Waals surface area contributed by atoms with Gasteiger partial charge in [0.15, 0.2) is 0 Å². The normalized spacial score (nSPS) is 22.0. The minimum Gasteiger partial charge on any atom is -0.366 e. The SMILES string of the molecule is O=C(C1CCCN1c1nnc(N2CCCC2=O)s1)N1CCN(c2ccccc2F)CC1. The van der Waals surface area contributed by atoms with E-state index in [1.165, 1.54) is 17.4 Å². The van der Waals surface area contributed by atoms with Crippen molar-refractivity contribution in [3.05, 3.63) is 30.1 Å². The highest BCUT2D eigenvalue weighted by Crippen LogP contribution is 2.34. The number of hydrogen-bond acceptors (Lipinski definition) is 7. The van der Waals surface area contributed by atoms with Gasteiger partial charge in [0.05, 0.1) is 5.69 Å². The number of piperazine rings is 1. The molecule has 0 radical (unpaired) electrons. The second-order valence-electron chi connectivity index (χ2n) is 8.13. The molecule has 1 aromatic carbocycles. The van der Waals surface area contributed by atoms with Gasteiger partial charge in [0.25, 0.3) is 0 Å². The van der Waals surface area contributed by atoms with Gasteiger partial charge in [-0.1, -0.05) is 23.5 Å². The molecule has 31 heavy (non-hydrogen) atoms. The molecule has 3 aliphatic rings. The Kier molecular flexibility index (Phi) is 5.47. The summed E-state index contributed by atoms with van der Waals surface area (Å²) in [5.41, 5.74) is 0.593. The second kappa shape index (κ2) is 8.41. The van der Waals surface area contributed by atoms with Crippen LogP contribution in [0.3, 0.4) is 0 Å². The summed E-state index contributed by atoms with van der Waals surface area (Å²) in [6.45, 7) is 3.80. The molecule has 0 spiro atoms. The molecule has 4 heterocycles. The Morgan fingerprint density at radius 2 is 1.77 bits per heavy atom. The summed E-state index contributed by atoms with van der Waals surface area (Å²) in [5, 5.41) is 9.84. The van der Waals surface area contributed by atoms with Gasteiger partial charge in [-0.15, -0.1) is 10.2 Å². The maximum absolute atomic E-state index is 14.1. The molecule has 3 fully saturated rings. The molecule has 1 unspecified atom stereocenters. The summed E-state index contributed by atoms with van der Waals surface area (Å²) < 4.78 is 14.1. The number of halogens is 1. The fraction of sp³-hybridized carbons (Fsp3) is 0.524. The number of hydrogen-bond donors (Lipinski definition) is 0. The fourth-order valence-electron chi connectivity index (χ4n) is 4.62. The zero-order valence-electron chi connectivity index (χ0n) is 17.2. The van der Waals surface area contributed by atoms with Gasteiger partial charge in [0.1, 0.15) is 11.9 Å². The molecule has 1 atom stereocenters. The van der Waals surface area contributed by atoms with E-state index >= 15 is 0 Å². The number of rotatable bonds is 4. The predicted molar refractivity (Wildman–Crippen MR) is 117 cm³/mol. The maximum atomic E-state index is 14.1. The summed E-state index contributed by atoms with van der Waals surface area (Å²) in [5.74, 6) is -0.0445. The third kappa shape index (κ3) is 3.84. The zero-order chi connectivity index (χ0) is 21.4. The molecular weight excluding hydrogens is 419 g/mol. The first-order valence-corrected chi connectivity index (χ1v) is 11.6. The van der Waals surface area contributed by atoms with E-state index in [2.05, 4.69) is 10.2 Å². The lowest BCUT2D eigenvalue weighted by Gasteiger charge is -2.38. The van der Waals surface area contributed by atoms with Gasteiger partial charge in [0.2, 0.25) is 22.1 Å². The standard InChI is InChI=1S/C21H25FN6O2S/c22-15-5-1-2-6-16(15)25-11-13-26(14-12-25)19(30)17-7-3-9-27(17)20-23-24-21(31-20)28-10-4-8-18(28)29/h1-2,5-6,17H,3-4,7-14H2. The van der Waals surface area contributed by atoms with Crippen molar-refractivity contribution in [2.24, 2.45) is 0 Å². The van der Waals surface area contributed by atoms with E-state index in [4.69, 9.17) is 0 Å². The molecule has 3 aliphatic heterocycles. The number of anilines is 3. The Bertz CT molecular complexity index is 976. The molecule has 0 saturated carbocycles. The monoisotopic (exact) mass is 444 g/mol. The summed E-state index contributed by atoms with van der Waals surface area (Å²) in [7, 11) is 0. The van der Waals surface area contributed by atoms with Crippen molar-refractivity contribution in [2.75, 3.05) is 54.0 Å². The van der Waals surface area contributed by atoms with Crippen molar-refractivity contribution in [2.45, 2.75) is 31.7 Å². The molecule has 0 bridgehead atoms. The number of carbonyl (C=O) groups excluding carboxylic acids is 2. The molecule has 1 aromatic heterocycles. The number of aromatic nitrogens is 2. The van der Waals surface area contributed by atoms with E-state index in [1.807, 2.05) is 20.8 Å². The topological polar surface area (TPSA) is 72.9 Å². The van der Waals surface area contributed by atoms with Crippen LogP contribution in [0.4, 0.5) is 20.3 Å². The molecule has 2 aromatic rings. The van der Waals surface area contributed by atoms with Crippen molar-refractivity contribution in [3.63, 3.8) is 0 Å². The first-order chi connectivity index (χ1) is 15.1. The number of amides is 2. The highest BCUT2D eigenvalue weighted by atomic mass is 32.1. The minimum absolute atomic E-state index is 0.0875. The molecule has 8 nitrogen and oxygen atoms in total. The average Bonchev–Trinajstić information content (AvgIpc) is 3.54. The number of nitrogens with zero attached hydrogens (tertiary/aromatic N) is 6. The molecule has 164 valence electrons. The Morgan fingerprint density at radius 3 is 2.52 bits per heavy atom. The van der Waals surface area contributed by atoms with Gasteiger partial charge < -0.3 is 14.7 Å². The van der Waals surface area contributed by atoms with E-state index in [0.717, 1.165) is 25.8 Å². The third-order valence-corrected chi connectivity index (χ3v) is 7.26. The lowest BCUT2D eigenvalue weighted by molar-refractivity contribution is -0.132. The molecule has 0 N–H and O–H groups in total. The van der Waals surface area contributed by atoms with Crippen LogP contribution in [-0.4, -0.2) is 72.2 Å². The lowest BCUT2D eigenvalue weighted by atomic mass is 10.1. The zero-order valence-corrected chi connectivity index (χ0v) is 18.1. The molecular formula is C21H25FN6O2S. The van der Waals surface area contributed by atoms with E-state index < -0.39 is 0 Å². The first kappa shape index (κ1) is 20.2. The van der Waals surface area contributed by atoms with Gasteiger partial charge in [0, 0.05) is 45.7 Å². The van der Waals surface area contributed by atoms with Gasteiger partial charge in [-0.3, -0.25) is 14.5 Å². The number of benzene rings is 1. The molecule has 10 heteroatoms. The first-order valence-electron chi connectivity index (χ1n) is 10.8. The lowest BCUT2D eigenvalue weighted by Crippen LogP contribution is -2.54. The molecule has 5 rings (SSSR count). The van der Waals surface area contributed by atoms with Crippen LogP contribution in [0.25, 0.3) is 0 Å². The predicted octanol–water partition coefficient (Wildman–Crippen LogP) is 2.12. The van der Waals surface area contributed by atoms with Gasteiger partial charge >= 0.3 is 0 Å². The van der Waals surface area contributed by atoms with Crippen LogP contribution >= 0.6 is 11.3 Å². The largest absolute Gasteiger partial charge is 0.366 e. The van der Waals surface area contributed by atoms with E-state index in [1.54, 1.807) is 17.0 Å². The van der Waals surface area contributed by atoms with Crippen LogP contribution in [-0.2, 0) is 9.59 Å². The summed E-state index contributed by atoms with van der Waals surface area (Å²) in [6, 6.07) is 6.51. The molecule has 2 amide bonds. The number of para-hydroxylation sites is 1. The molecule has 3 saturated heterocycles. The summed E-state index contributed by atoms with van der Waals surface area (Å²) in [6.07, 6.45) is 3.10. The van der Waals surface area contributed by atoms with Crippen LogP contribution in [0.15, 0.2) is 24.3 Å². The minimum atomic E-state index is -0.255. The highest BCUT2D eigenvalue weighted by molar-refractivity contribution is 7.19. The molecule has 0 aliphatic carbocycles. The average molecular weight is 445 g/mol. The van der Waals surface area contributed by atoms with E-state index in [0.29, 0.717) is 55.1 Å². The van der Waals surface area contributed by atoms with E-state index in [9.17, 15) is 14.0 Å². The smallest absolute Gasteiger partial charge is 0.245 e. The Morgan fingerprint density at radius 1 is 1.00 bits per heavy atom. The second-order valence-corrected chi connectivity index (χ2v) is 9.07. The van der Waals surface area contributed by atoms with Crippen LogP contribution in [0.1, 0.15) is 25.7 Å². The fourth-order valence-corrected chi connectivity index (χ4v) is 5.59. The quantitative estimate of drug-likeness (QED) is 0.719. The van der Waals surface area contributed by atoms with Gasteiger partial charge in [-0.05, 0) is 31.4 Å². The van der Waals surface area contributed by atoms with Crippen LogP contribution in [0, 0.1) is 5.82 Å². The number of carbonyl (C=O) groups is 2. The highest BCUT2D eigenvalue weighted by Gasteiger charge is 2.37. The third-order valence-electron chi connectivity index (χ3n) is 6.28. The van der Waals surface area contributed by atoms with Crippen LogP contribution in [0.2, 0.25) is 0 Å². The maximum Gasteiger partial charge on any atom is 0.245 e. The van der Waals surface area contributed by atoms with E-state index in [-0.39, 0.29) is 23.7 Å². The van der Waals surface area contributed by atoms with Crippen molar-refractivity contribution in [1.82, 2.24) is 15.1 Å². The van der Waals surface area contributed by atoms with Crippen molar-refractivity contribution in [3.8, 4) is 0 Å². The van der Waals surface area contributed by atoms with Crippen molar-refractivity contribution < 1.29 is 14.0 Å². The van der Waals surface area contributed by atoms with Gasteiger partial charge in [-0.2, -0.15) is 0 Å². The summed E-state index contributed by atoms with van der Waals surface area (Å²) in [4.78, 5) is 32.9. The Hall–Kier alpha value is -2.75. The van der Waals surface area contributed by atoms with Crippen molar-refractivity contribution >= 4 is 39.1 Å². The Labute approximate surface area is 184 Å². The van der Waals surface area contributed by atoms with Gasteiger partial charge in [-0.25, -0.2) is 4.39 Å².